The van der Waals surface area contributed by atoms with Crippen LogP contribution in [0.5, 0.6) is 0 Å². The number of nitrogens with zero attached hydrogens (tertiary/aromatic N) is 3. The van der Waals surface area contributed by atoms with Crippen molar-refractivity contribution in [3.63, 3.8) is 0 Å². The molecule has 0 radical (unpaired) electrons. The molecule has 1 aliphatic rings. The molecule has 2 rings (SSSR count). The molecule has 1 atom stereocenters. The maximum Gasteiger partial charge on any atom is 0.0545 e. The SMILES string of the molecule is CN(C)CC1CCCN1Cc1ccc(N)cn1. The monoisotopic (exact) mass is 234 g/mol. The molecule has 0 bridgehead atoms. The van der Waals surface area contributed by atoms with Crippen molar-refractivity contribution in [1.82, 2.24) is 14.8 Å². The lowest BCUT2D eigenvalue weighted by molar-refractivity contribution is 0.199. The summed E-state index contributed by atoms with van der Waals surface area (Å²) in [7, 11) is 4.27. The maximum absolute atomic E-state index is 5.65. The average molecular weight is 234 g/mol. The molecule has 94 valence electrons. The predicted molar refractivity (Wildman–Crippen MR) is 70.6 cm³/mol. The molecule has 1 unspecified atom stereocenters. The largest absolute Gasteiger partial charge is 0.397 e. The van der Waals surface area contributed by atoms with Crippen molar-refractivity contribution in [3.8, 4) is 0 Å². The van der Waals surface area contributed by atoms with Gasteiger partial charge in [-0.3, -0.25) is 9.88 Å². The molecule has 0 saturated carbocycles. The van der Waals surface area contributed by atoms with E-state index in [2.05, 4.69) is 28.9 Å². The molecule has 17 heavy (non-hydrogen) atoms. The van der Waals surface area contributed by atoms with Crippen LogP contribution in [0.4, 0.5) is 5.69 Å². The van der Waals surface area contributed by atoms with Gasteiger partial charge in [-0.25, -0.2) is 0 Å². The molecular formula is C13H22N4. The zero-order chi connectivity index (χ0) is 12.3. The molecule has 4 heteroatoms. The van der Waals surface area contributed by atoms with Crippen molar-refractivity contribution < 1.29 is 0 Å². The summed E-state index contributed by atoms with van der Waals surface area (Å²) in [5, 5.41) is 0. The molecule has 4 nitrogen and oxygen atoms in total. The fourth-order valence-corrected chi connectivity index (χ4v) is 2.47. The Hall–Kier alpha value is -1.13. The van der Waals surface area contributed by atoms with E-state index in [4.69, 9.17) is 5.73 Å². The number of nitrogens with two attached hydrogens (primary N) is 1. The minimum atomic E-state index is 0.671. The molecule has 1 aliphatic heterocycles. The summed E-state index contributed by atoms with van der Waals surface area (Å²) in [6, 6.07) is 4.63. The first kappa shape index (κ1) is 12.3. The minimum Gasteiger partial charge on any atom is -0.397 e. The lowest BCUT2D eigenvalue weighted by atomic mass is 10.2. The number of hydrogen-bond acceptors (Lipinski definition) is 4. The second-order valence-electron chi connectivity index (χ2n) is 5.11. The normalized spacial score (nSPS) is 21.2. The van der Waals surface area contributed by atoms with Gasteiger partial charge in [0, 0.05) is 19.1 Å². The number of likely N-dealkylation sites (N-methyl/N-ethyl adjacent to an activating group) is 1. The summed E-state index contributed by atoms with van der Waals surface area (Å²) in [4.78, 5) is 9.16. The van der Waals surface area contributed by atoms with Crippen LogP contribution >= 0.6 is 0 Å². The molecular weight excluding hydrogens is 212 g/mol. The molecule has 1 saturated heterocycles. The van der Waals surface area contributed by atoms with E-state index >= 15 is 0 Å². The van der Waals surface area contributed by atoms with Gasteiger partial charge in [0.25, 0.3) is 0 Å². The Kier molecular flexibility index (Phi) is 3.97. The van der Waals surface area contributed by atoms with Crippen LogP contribution in [0.25, 0.3) is 0 Å². The molecule has 2 N–H and O–H groups in total. The van der Waals surface area contributed by atoms with Crippen molar-refractivity contribution >= 4 is 5.69 Å². The van der Waals surface area contributed by atoms with Crippen molar-refractivity contribution in [2.75, 3.05) is 32.9 Å². The zero-order valence-electron chi connectivity index (χ0n) is 10.8. The quantitative estimate of drug-likeness (QED) is 0.850. The van der Waals surface area contributed by atoms with Gasteiger partial charge in [-0.05, 0) is 45.6 Å². The number of aromatic nitrogens is 1. The molecule has 0 aromatic carbocycles. The topological polar surface area (TPSA) is 45.4 Å². The third-order valence-corrected chi connectivity index (χ3v) is 3.29. The van der Waals surface area contributed by atoms with Crippen LogP contribution in [-0.2, 0) is 6.54 Å². The van der Waals surface area contributed by atoms with Crippen molar-refractivity contribution in [3.05, 3.63) is 24.0 Å². The van der Waals surface area contributed by atoms with Gasteiger partial charge in [0.15, 0.2) is 0 Å². The maximum atomic E-state index is 5.65. The number of nitrogen functional groups attached to an aromatic ring is 1. The number of hydrogen-bond donors (Lipinski definition) is 1. The highest BCUT2D eigenvalue weighted by atomic mass is 15.2. The van der Waals surface area contributed by atoms with Crippen LogP contribution < -0.4 is 5.73 Å². The summed E-state index contributed by atoms with van der Waals surface area (Å²) in [5.74, 6) is 0. The Morgan fingerprint density at radius 2 is 2.29 bits per heavy atom. The first-order chi connectivity index (χ1) is 8.15. The van der Waals surface area contributed by atoms with Crippen LogP contribution in [0, 0.1) is 0 Å². The van der Waals surface area contributed by atoms with Crippen LogP contribution in [0.1, 0.15) is 18.5 Å². The van der Waals surface area contributed by atoms with Gasteiger partial charge >= 0.3 is 0 Å². The van der Waals surface area contributed by atoms with Gasteiger partial charge in [0.05, 0.1) is 17.6 Å². The van der Waals surface area contributed by atoms with E-state index in [1.807, 2.05) is 12.1 Å². The zero-order valence-corrected chi connectivity index (χ0v) is 10.8. The Morgan fingerprint density at radius 3 is 2.94 bits per heavy atom. The highest BCUT2D eigenvalue weighted by Gasteiger charge is 2.24. The van der Waals surface area contributed by atoms with Gasteiger partial charge in [-0.2, -0.15) is 0 Å². The van der Waals surface area contributed by atoms with E-state index in [-0.39, 0.29) is 0 Å². The number of rotatable bonds is 4. The summed E-state index contributed by atoms with van der Waals surface area (Å²) >= 11 is 0. The Labute approximate surface area is 103 Å². The van der Waals surface area contributed by atoms with Gasteiger partial charge in [-0.15, -0.1) is 0 Å². The van der Waals surface area contributed by atoms with E-state index in [1.54, 1.807) is 6.20 Å². The van der Waals surface area contributed by atoms with Crippen molar-refractivity contribution in [2.24, 2.45) is 0 Å². The summed E-state index contributed by atoms with van der Waals surface area (Å²) in [5.41, 5.74) is 7.50. The fraction of sp³-hybridized carbons (Fsp3) is 0.615. The van der Waals surface area contributed by atoms with Crippen LogP contribution in [-0.4, -0.2) is 48.0 Å². The Morgan fingerprint density at radius 1 is 1.47 bits per heavy atom. The van der Waals surface area contributed by atoms with E-state index < -0.39 is 0 Å². The lowest BCUT2D eigenvalue weighted by Crippen LogP contribution is -2.37. The van der Waals surface area contributed by atoms with Crippen LogP contribution in [0.15, 0.2) is 18.3 Å². The fourth-order valence-electron chi connectivity index (χ4n) is 2.47. The van der Waals surface area contributed by atoms with E-state index in [0.29, 0.717) is 6.04 Å². The van der Waals surface area contributed by atoms with Gasteiger partial charge in [0.2, 0.25) is 0 Å². The molecule has 1 fully saturated rings. The second-order valence-corrected chi connectivity index (χ2v) is 5.11. The standard InChI is InChI=1S/C13H22N4/c1-16(2)10-13-4-3-7-17(13)9-12-6-5-11(14)8-15-12/h5-6,8,13H,3-4,7,9-10,14H2,1-2H3. The second kappa shape index (κ2) is 5.47. The number of pyridine rings is 1. The van der Waals surface area contributed by atoms with Gasteiger partial charge < -0.3 is 10.6 Å². The summed E-state index contributed by atoms with van der Waals surface area (Å²) < 4.78 is 0. The molecule has 0 spiro atoms. The first-order valence-electron chi connectivity index (χ1n) is 6.24. The van der Waals surface area contributed by atoms with Crippen LogP contribution in [0.3, 0.4) is 0 Å². The highest BCUT2D eigenvalue weighted by molar-refractivity contribution is 5.34. The first-order valence-corrected chi connectivity index (χ1v) is 6.24. The lowest BCUT2D eigenvalue weighted by Gasteiger charge is -2.26. The third-order valence-electron chi connectivity index (χ3n) is 3.29. The smallest absolute Gasteiger partial charge is 0.0545 e. The Bertz CT molecular complexity index is 347. The summed E-state index contributed by atoms with van der Waals surface area (Å²) in [6.07, 6.45) is 4.34. The predicted octanol–water partition coefficient (Wildman–Crippen LogP) is 1.19. The highest BCUT2D eigenvalue weighted by Crippen LogP contribution is 2.20. The minimum absolute atomic E-state index is 0.671. The van der Waals surface area contributed by atoms with E-state index in [1.165, 1.54) is 19.4 Å². The molecule has 0 amide bonds. The van der Waals surface area contributed by atoms with Gasteiger partial charge in [0.1, 0.15) is 0 Å². The molecule has 2 heterocycles. The number of likely N-dealkylation sites (tertiary alicyclic amines) is 1. The van der Waals surface area contributed by atoms with E-state index in [9.17, 15) is 0 Å². The Balaban J connectivity index is 1.95. The van der Waals surface area contributed by atoms with E-state index in [0.717, 1.165) is 24.5 Å². The molecule has 1 aromatic rings. The van der Waals surface area contributed by atoms with Gasteiger partial charge in [-0.1, -0.05) is 0 Å². The third kappa shape index (κ3) is 3.41. The average Bonchev–Trinajstić information content (AvgIpc) is 2.68. The van der Waals surface area contributed by atoms with Crippen molar-refractivity contribution in [2.45, 2.75) is 25.4 Å². The summed E-state index contributed by atoms with van der Waals surface area (Å²) in [6.45, 7) is 3.26. The van der Waals surface area contributed by atoms with Crippen molar-refractivity contribution in [1.29, 1.82) is 0 Å². The molecule has 1 aromatic heterocycles. The van der Waals surface area contributed by atoms with Crippen LogP contribution in [0.2, 0.25) is 0 Å². The molecule has 0 aliphatic carbocycles. The number of anilines is 1.